The molecule has 4 bridgehead atoms. The van der Waals surface area contributed by atoms with Crippen molar-refractivity contribution in [2.75, 3.05) is 6.54 Å². The smallest absolute Gasteiger partial charge is 0.0775 e. The summed E-state index contributed by atoms with van der Waals surface area (Å²) in [6, 6.07) is 1.17. The van der Waals surface area contributed by atoms with Crippen LogP contribution < -0.4 is 0 Å². The predicted octanol–water partition coefficient (Wildman–Crippen LogP) is 3.52. The van der Waals surface area contributed by atoms with Crippen molar-refractivity contribution in [1.82, 2.24) is 4.90 Å². The Labute approximate surface area is 122 Å². The molecule has 5 atom stereocenters. The number of hydrogen-bond donors (Lipinski definition) is 1. The molecule has 0 unspecified atom stereocenters. The van der Waals surface area contributed by atoms with Crippen LogP contribution in [0, 0.1) is 22.7 Å². The van der Waals surface area contributed by atoms with E-state index in [0.29, 0.717) is 28.8 Å². The summed E-state index contributed by atoms with van der Waals surface area (Å²) in [5.41, 5.74) is 2.07. The topological polar surface area (TPSA) is 35.8 Å². The molecule has 3 saturated carbocycles. The Morgan fingerprint density at radius 3 is 2.75 bits per heavy atom. The highest BCUT2D eigenvalue weighted by Crippen LogP contribution is 2.56. The largest absolute Gasteiger partial charge is 0.411 e. The van der Waals surface area contributed by atoms with Gasteiger partial charge in [0.05, 0.1) is 11.8 Å². The van der Waals surface area contributed by atoms with Gasteiger partial charge in [0.2, 0.25) is 0 Å². The van der Waals surface area contributed by atoms with Gasteiger partial charge < -0.3 is 5.21 Å². The van der Waals surface area contributed by atoms with Crippen LogP contribution >= 0.6 is 0 Å². The number of oxime groups is 1. The van der Waals surface area contributed by atoms with Crippen molar-refractivity contribution in [3.8, 4) is 0 Å². The van der Waals surface area contributed by atoms with E-state index < -0.39 is 0 Å². The maximum Gasteiger partial charge on any atom is 0.0775 e. The maximum atomic E-state index is 9.49. The number of likely N-dealkylation sites (tertiary alicyclic amines) is 1. The summed E-state index contributed by atoms with van der Waals surface area (Å²) in [5.74, 6) is 1.34. The van der Waals surface area contributed by atoms with E-state index in [4.69, 9.17) is 0 Å². The van der Waals surface area contributed by atoms with Gasteiger partial charge in [0, 0.05) is 18.5 Å². The molecule has 0 aromatic heterocycles. The van der Waals surface area contributed by atoms with E-state index in [1.54, 1.807) is 0 Å². The minimum absolute atomic E-state index is 0.458. The van der Waals surface area contributed by atoms with Crippen molar-refractivity contribution >= 4 is 5.71 Å². The molecule has 0 aromatic rings. The summed E-state index contributed by atoms with van der Waals surface area (Å²) < 4.78 is 0. The summed E-state index contributed by atoms with van der Waals surface area (Å²) in [6.45, 7) is 8.56. The van der Waals surface area contributed by atoms with E-state index in [1.807, 2.05) is 0 Å². The SMILES string of the molecule is CC1(C)C[C@H]2C[C@@](C)(CN2[C@H]2/C(=N\O)[C@H]3CC[C@@H]2C3)C1. The Bertz CT molecular complexity index is 458. The standard InChI is InChI=1S/C17H28N2O/c1-16(2)7-13-8-17(3,9-16)10-19(13)15-12-5-4-11(6-12)14(15)18-20/h11-13,15,20H,4-10H2,1-3H3/b18-14-/t11-,12+,13-,15+,17+/m0/s1. The second-order valence-corrected chi connectivity index (χ2v) is 9.13. The minimum atomic E-state index is 0.458. The first-order chi connectivity index (χ1) is 9.41. The quantitative estimate of drug-likeness (QED) is 0.587. The number of rotatable bonds is 1. The predicted molar refractivity (Wildman–Crippen MR) is 80.1 cm³/mol. The monoisotopic (exact) mass is 276 g/mol. The van der Waals surface area contributed by atoms with Gasteiger partial charge in [-0.2, -0.15) is 0 Å². The summed E-state index contributed by atoms with van der Waals surface area (Å²) in [7, 11) is 0. The maximum absolute atomic E-state index is 9.49. The van der Waals surface area contributed by atoms with Crippen LogP contribution in [0.25, 0.3) is 0 Å². The van der Waals surface area contributed by atoms with E-state index >= 15 is 0 Å². The third-order valence-corrected chi connectivity index (χ3v) is 6.57. The van der Waals surface area contributed by atoms with E-state index in [1.165, 1.54) is 45.1 Å². The fourth-order valence-corrected chi connectivity index (χ4v) is 6.47. The molecule has 4 aliphatic rings. The zero-order valence-electron chi connectivity index (χ0n) is 13.1. The first-order valence-corrected chi connectivity index (χ1v) is 8.38. The normalized spacial score (nSPS) is 52.0. The van der Waals surface area contributed by atoms with Crippen LogP contribution in [0.15, 0.2) is 5.16 Å². The third-order valence-electron chi connectivity index (χ3n) is 6.57. The highest BCUT2D eigenvalue weighted by molar-refractivity contribution is 5.94. The van der Waals surface area contributed by atoms with Gasteiger partial charge in [-0.25, -0.2) is 0 Å². The van der Waals surface area contributed by atoms with Gasteiger partial charge in [-0.15, -0.1) is 0 Å². The van der Waals surface area contributed by atoms with Crippen LogP contribution in [0.1, 0.15) is 59.3 Å². The molecule has 1 aliphatic heterocycles. The number of nitrogens with zero attached hydrogens (tertiary/aromatic N) is 2. The molecule has 1 N–H and O–H groups in total. The molecule has 3 nitrogen and oxygen atoms in total. The number of hydrogen-bond acceptors (Lipinski definition) is 3. The molecule has 0 radical (unpaired) electrons. The molecule has 3 heteroatoms. The lowest BCUT2D eigenvalue weighted by Crippen LogP contribution is -2.47. The van der Waals surface area contributed by atoms with Crippen LogP contribution in [0.4, 0.5) is 0 Å². The zero-order valence-corrected chi connectivity index (χ0v) is 13.1. The molecule has 4 fully saturated rings. The second-order valence-electron chi connectivity index (χ2n) is 9.13. The van der Waals surface area contributed by atoms with Crippen molar-refractivity contribution < 1.29 is 5.21 Å². The van der Waals surface area contributed by atoms with E-state index in [2.05, 4.69) is 30.8 Å². The van der Waals surface area contributed by atoms with Gasteiger partial charge in [-0.3, -0.25) is 4.90 Å². The van der Waals surface area contributed by atoms with E-state index in [-0.39, 0.29) is 0 Å². The van der Waals surface area contributed by atoms with Gasteiger partial charge >= 0.3 is 0 Å². The Morgan fingerprint density at radius 2 is 2.00 bits per heavy atom. The molecule has 112 valence electrons. The van der Waals surface area contributed by atoms with Gasteiger partial charge in [-0.1, -0.05) is 25.9 Å². The highest BCUT2D eigenvalue weighted by Gasteiger charge is 2.56. The van der Waals surface area contributed by atoms with Gasteiger partial charge in [-0.05, 0) is 55.3 Å². The van der Waals surface area contributed by atoms with Gasteiger partial charge in [0.1, 0.15) is 0 Å². The molecule has 0 aromatic carbocycles. The van der Waals surface area contributed by atoms with Crippen molar-refractivity contribution in [1.29, 1.82) is 0 Å². The lowest BCUT2D eigenvalue weighted by Gasteiger charge is -2.41. The van der Waals surface area contributed by atoms with Crippen LogP contribution in [-0.4, -0.2) is 34.4 Å². The van der Waals surface area contributed by atoms with Gasteiger partial charge in [0.15, 0.2) is 0 Å². The lowest BCUT2D eigenvalue weighted by atomic mass is 9.65. The average molecular weight is 276 g/mol. The molecule has 1 saturated heterocycles. The Morgan fingerprint density at radius 1 is 1.20 bits per heavy atom. The highest BCUT2D eigenvalue weighted by atomic mass is 16.4. The molecule has 0 spiro atoms. The fraction of sp³-hybridized carbons (Fsp3) is 0.941. The Hall–Kier alpha value is -0.570. The molecule has 4 rings (SSSR count). The van der Waals surface area contributed by atoms with E-state index in [0.717, 1.165) is 11.6 Å². The molecular formula is C17H28N2O. The van der Waals surface area contributed by atoms with E-state index in [9.17, 15) is 5.21 Å². The third kappa shape index (κ3) is 1.78. The van der Waals surface area contributed by atoms with Crippen LogP contribution in [0.5, 0.6) is 0 Å². The molecule has 0 amide bonds. The molecule has 20 heavy (non-hydrogen) atoms. The first kappa shape index (κ1) is 13.1. The number of fused-ring (bicyclic) bond motifs is 4. The summed E-state index contributed by atoms with van der Waals surface area (Å²) in [6.07, 6.45) is 7.88. The van der Waals surface area contributed by atoms with Crippen molar-refractivity contribution in [3.63, 3.8) is 0 Å². The Balaban J connectivity index is 1.64. The van der Waals surface area contributed by atoms with Crippen molar-refractivity contribution in [2.45, 2.75) is 71.4 Å². The first-order valence-electron chi connectivity index (χ1n) is 8.38. The molecular weight excluding hydrogens is 248 g/mol. The van der Waals surface area contributed by atoms with Crippen LogP contribution in [-0.2, 0) is 0 Å². The molecule has 3 aliphatic carbocycles. The van der Waals surface area contributed by atoms with Crippen LogP contribution in [0.3, 0.4) is 0 Å². The minimum Gasteiger partial charge on any atom is -0.411 e. The van der Waals surface area contributed by atoms with Gasteiger partial charge in [0.25, 0.3) is 0 Å². The fourth-order valence-electron chi connectivity index (χ4n) is 6.47. The van der Waals surface area contributed by atoms with Crippen molar-refractivity contribution in [3.05, 3.63) is 0 Å². The lowest BCUT2D eigenvalue weighted by molar-refractivity contribution is 0.118. The zero-order chi connectivity index (χ0) is 14.1. The average Bonchev–Trinajstić information content (AvgIpc) is 2.98. The summed E-state index contributed by atoms with van der Waals surface area (Å²) in [4.78, 5) is 2.74. The summed E-state index contributed by atoms with van der Waals surface area (Å²) >= 11 is 0. The van der Waals surface area contributed by atoms with Crippen LogP contribution in [0.2, 0.25) is 0 Å². The van der Waals surface area contributed by atoms with Crippen molar-refractivity contribution in [2.24, 2.45) is 27.8 Å². The Kier molecular flexibility index (Phi) is 2.62. The second kappa shape index (κ2) is 4.00. The molecule has 1 heterocycles. The summed E-state index contributed by atoms with van der Waals surface area (Å²) in [5, 5.41) is 13.2.